The van der Waals surface area contributed by atoms with Gasteiger partial charge in [-0.05, 0) is 329 Å². The van der Waals surface area contributed by atoms with E-state index in [-0.39, 0.29) is 65.4 Å². The molecule has 0 amide bonds. The molecular weight excluding hydrogens is 1540 g/mol. The first kappa shape index (κ1) is 95.9. The van der Waals surface area contributed by atoms with Crippen molar-refractivity contribution >= 4 is 31.1 Å². The Balaban J connectivity index is 0.000000135. The molecule has 9 nitrogen and oxygen atoms in total. The Morgan fingerprint density at radius 1 is 0.352 bits per heavy atom. The number of benzene rings is 2. The van der Waals surface area contributed by atoms with Gasteiger partial charge in [-0.15, -0.1) is 38.1 Å². The molecule has 15 aliphatic carbocycles. The fourth-order valence-electron chi connectivity index (χ4n) is 31.1. The maximum Gasteiger partial charge on any atom is 0.142 e. The fraction of sp³-hybridized carbons (Fsp3) is 0.678. The van der Waals surface area contributed by atoms with Gasteiger partial charge < -0.3 is 24.5 Å². The molecule has 1 N–H and O–H groups in total. The quantitative estimate of drug-likeness (QED) is 0.0557. The molecule has 25 atom stereocenters. The molecule has 10 saturated carbocycles. The van der Waals surface area contributed by atoms with E-state index in [9.17, 15) is 9.18 Å². The molecule has 10 heteroatoms. The lowest BCUT2D eigenvalue weighted by molar-refractivity contribution is -0.126. The van der Waals surface area contributed by atoms with Crippen molar-refractivity contribution in [2.24, 2.45) is 161 Å². The molecule has 0 saturated heterocycles. The van der Waals surface area contributed by atoms with Gasteiger partial charge in [0.2, 0.25) is 0 Å². The normalized spacial score (nSPS) is 43.8. The number of oxime groups is 4. The maximum atomic E-state index is 13.1. The summed E-state index contributed by atoms with van der Waals surface area (Å²) in [7, 11) is 1.65. The van der Waals surface area contributed by atoms with Crippen molar-refractivity contribution in [2.45, 2.75) is 342 Å². The number of carbonyl (C=O) groups excluding carboxylic acids is 1. The Morgan fingerprint density at radius 3 is 0.872 bits per heavy atom. The lowest BCUT2D eigenvalue weighted by atomic mass is 9.46. The molecule has 0 aliphatic heterocycles. The minimum atomic E-state index is -0.225. The molecule has 0 unspecified atom stereocenters. The van der Waals surface area contributed by atoms with Crippen LogP contribution in [0.2, 0.25) is 0 Å². The Morgan fingerprint density at radius 2 is 0.608 bits per heavy atom. The SMILES string of the molecule is C=C[C@@]1(C)CC=C2[C@@H](CC[C@H]3[C@@]2(C)CCC[C@@]3(C)/C=N/O)C1.C=C[C@@]1(C)CC=C2[C@@H](CC[C@H]3[C@@]2(C)CCC[C@@]3(C)/C=N/OC)C1.C=C[C@@]1(C)CC=C2[C@@H](CC[C@H]3[C@@]2(C)CCC[C@@]3(C)/C=N/OCc2ccc(F)cc2)C1.C=C[C@@]1(C)CC=C2[C@@H](CC[C@H]3[C@@]2(C)CCC[C@@]3(C)/C=N/OCc2ccccc2)C1.C=C[C@@]1(C)CC=C2[C@@H](CC[C@H]3[C@@]2(C)CCC[C@@]3(C)C=O)C1. The van der Waals surface area contributed by atoms with Crippen molar-refractivity contribution in [1.82, 2.24) is 0 Å². The second-order valence-corrected chi connectivity index (χ2v) is 47.6. The van der Waals surface area contributed by atoms with E-state index in [1.165, 1.54) is 204 Å². The fourth-order valence-corrected chi connectivity index (χ4v) is 31.1. The zero-order valence-electron chi connectivity index (χ0n) is 81.1. The van der Waals surface area contributed by atoms with Crippen LogP contribution in [0.1, 0.15) is 340 Å². The Labute approximate surface area is 758 Å². The summed E-state index contributed by atoms with van der Waals surface area (Å²) in [5.74, 6) is 6.54. The van der Waals surface area contributed by atoms with Crippen molar-refractivity contribution < 1.29 is 28.9 Å². The number of rotatable bonds is 17. The summed E-state index contributed by atoms with van der Waals surface area (Å²) in [6, 6.07) is 16.7. The summed E-state index contributed by atoms with van der Waals surface area (Å²) in [4.78, 5) is 28.1. The van der Waals surface area contributed by atoms with Gasteiger partial charge >= 0.3 is 0 Å². The second kappa shape index (κ2) is 37.7. The molecule has 684 valence electrons. The van der Waals surface area contributed by atoms with E-state index in [2.05, 4.69) is 249 Å². The van der Waals surface area contributed by atoms with Crippen LogP contribution in [0.5, 0.6) is 0 Å². The lowest BCUT2D eigenvalue weighted by Crippen LogP contribution is -2.50. The van der Waals surface area contributed by atoms with Crippen molar-refractivity contribution in [2.75, 3.05) is 7.11 Å². The number of hydrogen-bond donors (Lipinski definition) is 1. The number of aldehydes is 1. The first-order valence-electron chi connectivity index (χ1n) is 49.8. The highest BCUT2D eigenvalue weighted by molar-refractivity contribution is 5.68. The van der Waals surface area contributed by atoms with Gasteiger partial charge in [0.05, 0.1) is 0 Å². The average Bonchev–Trinajstić information content (AvgIpc) is 0.744. The first-order valence-corrected chi connectivity index (χ1v) is 49.8. The van der Waals surface area contributed by atoms with Gasteiger partial charge in [-0.25, -0.2) is 4.39 Å². The Kier molecular flexibility index (Phi) is 28.9. The molecular formula is C115H167FN4O5. The van der Waals surface area contributed by atoms with Gasteiger partial charge in [-0.2, -0.15) is 0 Å². The largest absolute Gasteiger partial charge is 0.411 e. The van der Waals surface area contributed by atoms with Crippen LogP contribution in [-0.4, -0.2) is 43.5 Å². The molecule has 0 bridgehead atoms. The van der Waals surface area contributed by atoms with Crippen molar-refractivity contribution in [3.05, 3.63) is 193 Å². The number of allylic oxidation sites excluding steroid dienone is 15. The summed E-state index contributed by atoms with van der Waals surface area (Å²) in [6.45, 7) is 57.4. The van der Waals surface area contributed by atoms with E-state index in [4.69, 9.17) is 19.7 Å². The molecule has 15 aliphatic rings. The molecule has 0 radical (unpaired) electrons. The topological polar surface area (TPSA) is 114 Å². The highest BCUT2D eigenvalue weighted by atomic mass is 19.1. The van der Waals surface area contributed by atoms with Crippen LogP contribution >= 0.6 is 0 Å². The number of halogens is 1. The predicted molar refractivity (Wildman–Crippen MR) is 521 cm³/mol. The summed E-state index contributed by atoms with van der Waals surface area (Å²) < 4.78 is 13.1. The third kappa shape index (κ3) is 19.3. The average molecular weight is 1700 g/mol. The lowest BCUT2D eigenvalue weighted by Gasteiger charge is -2.58. The number of hydrogen-bond acceptors (Lipinski definition) is 9. The maximum absolute atomic E-state index is 13.1. The predicted octanol–water partition coefficient (Wildman–Crippen LogP) is 31.4. The van der Waals surface area contributed by atoms with Crippen LogP contribution < -0.4 is 0 Å². The minimum absolute atomic E-state index is 0.0484. The van der Waals surface area contributed by atoms with E-state index < -0.39 is 0 Å². The summed E-state index contributed by atoms with van der Waals surface area (Å²) in [5, 5.41) is 25.6. The van der Waals surface area contributed by atoms with E-state index in [0.717, 1.165) is 74.2 Å². The molecule has 2 aromatic rings. The van der Waals surface area contributed by atoms with Gasteiger partial charge in [0.15, 0.2) is 0 Å². The van der Waals surface area contributed by atoms with E-state index in [1.54, 1.807) is 47.1 Å². The van der Waals surface area contributed by atoms with Crippen molar-refractivity contribution in [3.63, 3.8) is 0 Å². The van der Waals surface area contributed by atoms with E-state index in [1.807, 2.05) is 24.4 Å². The minimum Gasteiger partial charge on any atom is -0.411 e. The third-order valence-corrected chi connectivity index (χ3v) is 38.5. The van der Waals surface area contributed by atoms with Gasteiger partial charge in [0.25, 0.3) is 0 Å². The molecule has 125 heavy (non-hydrogen) atoms. The zero-order chi connectivity index (χ0) is 90.0. The van der Waals surface area contributed by atoms with Crippen LogP contribution in [0.3, 0.4) is 0 Å². The van der Waals surface area contributed by atoms with E-state index in [0.29, 0.717) is 70.4 Å². The monoisotopic (exact) mass is 1700 g/mol. The van der Waals surface area contributed by atoms with Crippen LogP contribution in [0.4, 0.5) is 4.39 Å². The zero-order valence-corrected chi connectivity index (χ0v) is 81.1. The summed E-state index contributed by atoms with van der Waals surface area (Å²) in [5.41, 5.74) is 13.9. The van der Waals surface area contributed by atoms with E-state index >= 15 is 0 Å². The molecule has 0 aromatic heterocycles. The highest BCUT2D eigenvalue weighted by Crippen LogP contribution is 2.70. The van der Waals surface area contributed by atoms with Crippen LogP contribution in [0, 0.1) is 146 Å². The third-order valence-electron chi connectivity index (χ3n) is 38.5. The first-order chi connectivity index (χ1) is 59.3. The van der Waals surface area contributed by atoms with Gasteiger partial charge in [0, 0.05) is 51.9 Å². The number of nitrogens with zero attached hydrogens (tertiary/aromatic N) is 4. The van der Waals surface area contributed by atoms with Crippen LogP contribution in [-0.2, 0) is 32.5 Å². The van der Waals surface area contributed by atoms with Crippen molar-refractivity contribution in [1.29, 1.82) is 0 Å². The molecule has 0 spiro atoms. The highest BCUT2D eigenvalue weighted by Gasteiger charge is 2.61. The summed E-state index contributed by atoms with van der Waals surface area (Å²) >= 11 is 0. The molecule has 10 fully saturated rings. The van der Waals surface area contributed by atoms with Gasteiger partial charge in [0.1, 0.15) is 32.4 Å². The van der Waals surface area contributed by atoms with Crippen LogP contribution in [0.25, 0.3) is 0 Å². The van der Waals surface area contributed by atoms with Gasteiger partial charge in [-0.1, -0.05) is 283 Å². The standard InChI is InChI=1S/C27H36FNO.C27H37NO.C21H33NO.C20H31NO.C20H30O/c1-5-25(2)16-13-23-21(17-25)9-12-24-26(3,14-6-15-27(23,24)4)19-29-30-18-20-7-10-22(28)11-8-20;1-5-25(2)17-14-23-22(18-25)12-13-24-26(3,15-9-16-27(23,24)4)20-28-29-19-21-10-7-6-8-11-21;1-6-19(2)13-10-17-16(14-19)8-9-18-20(3,15-22-23-5)11-7-12-21(17,18)4;1-5-18(2)12-9-16-15(13-18)7-8-17-19(3,14-21-22)10-6-11-20(16,17)4;1-5-18(2)12-9-16-15(13-18)7-8-17-19(3,14-21)10-6-11-20(16,17)4/h5,7-8,10-11,13,19,21,24H,1,6,9,12,14-18H2,2-4H3;5-8,10-11,14,20,22,24H,1,9,12-13,15-19H2,2-4H3;6,10,15-16,18H,1,7-9,11-14H2,2-5H3;5,9,14-15,17,22H,1,6-8,10-13H2,2-4H3;5,9,14-15,17H,1,6-8,10-13H2,2-4H3/b29-19+;28-20+;22-15+;21-14+;/t21-,24+,25-,26-,27-;22-,24+,25-,26-,27-;16-,18+,19-,20-,21-;2*15-,17+,18-,19-,20-/m00000/s1. The van der Waals surface area contributed by atoms with Crippen LogP contribution in [0.15, 0.2) is 197 Å². The Hall–Kier alpha value is -6.68. The number of fused-ring (bicyclic) bond motifs is 15. The second-order valence-electron chi connectivity index (χ2n) is 47.6. The van der Waals surface area contributed by atoms with Gasteiger partial charge in [-0.3, -0.25) is 0 Å². The molecule has 0 heterocycles. The smallest absolute Gasteiger partial charge is 0.142 e. The number of carbonyl (C=O) groups is 1. The molecule has 2 aromatic carbocycles. The Bertz CT molecular complexity index is 4470. The molecule has 17 rings (SSSR count). The van der Waals surface area contributed by atoms with Crippen molar-refractivity contribution in [3.8, 4) is 0 Å². The summed E-state index contributed by atoms with van der Waals surface area (Å²) in [6.07, 6.45) is 76.5.